The SMILES string of the molecule is CC(C)c1ccc(N(c2ccccc2)c2ccc3ccc4c(N5CCc6ccccc65)ccc5ccc2c3c54)cc1. The molecule has 0 fully saturated rings. The zero-order valence-electron chi connectivity index (χ0n) is 23.5. The molecule has 7 aromatic carbocycles. The average molecular weight is 529 g/mol. The number of hydrogen-bond donors (Lipinski definition) is 0. The highest BCUT2D eigenvalue weighted by atomic mass is 15.2. The van der Waals surface area contributed by atoms with E-state index >= 15 is 0 Å². The minimum Gasteiger partial charge on any atom is -0.340 e. The standard InChI is InChI=1S/C39H32N2/c1-26(2)27-12-18-32(19-13-27)41(31-9-4-3-5-10-31)37-23-17-30-14-20-33-36(40-25-24-28-8-6-7-11-35(28)40)22-16-29-15-21-34(37)39(30)38(29)33/h3-23,26H,24-25H2,1-2H3. The van der Waals surface area contributed by atoms with E-state index in [1.165, 1.54) is 66.2 Å². The van der Waals surface area contributed by atoms with Gasteiger partial charge in [0.05, 0.1) is 5.69 Å². The Bertz CT molecular complexity index is 2020. The predicted molar refractivity (Wildman–Crippen MR) is 176 cm³/mol. The van der Waals surface area contributed by atoms with Crippen LogP contribution in [0.3, 0.4) is 0 Å². The fraction of sp³-hybridized carbons (Fsp3) is 0.128. The number of fused-ring (bicyclic) bond motifs is 1. The molecule has 1 heterocycles. The van der Waals surface area contributed by atoms with Gasteiger partial charge in [-0.1, -0.05) is 98.8 Å². The van der Waals surface area contributed by atoms with Crippen molar-refractivity contribution in [3.63, 3.8) is 0 Å². The van der Waals surface area contributed by atoms with Crippen LogP contribution in [-0.4, -0.2) is 6.54 Å². The van der Waals surface area contributed by atoms with Gasteiger partial charge in [0.25, 0.3) is 0 Å². The van der Waals surface area contributed by atoms with E-state index in [2.05, 4.69) is 151 Å². The fourth-order valence-corrected chi connectivity index (χ4v) is 6.80. The first kappa shape index (κ1) is 24.0. The zero-order valence-corrected chi connectivity index (χ0v) is 23.5. The predicted octanol–water partition coefficient (Wildman–Crippen LogP) is 10.9. The highest BCUT2D eigenvalue weighted by Crippen LogP contribution is 2.47. The summed E-state index contributed by atoms with van der Waals surface area (Å²) in [7, 11) is 0. The molecule has 0 radical (unpaired) electrons. The lowest BCUT2D eigenvalue weighted by Crippen LogP contribution is -2.13. The van der Waals surface area contributed by atoms with Gasteiger partial charge in [0.1, 0.15) is 0 Å². The van der Waals surface area contributed by atoms with Crippen molar-refractivity contribution in [3.8, 4) is 0 Å². The summed E-state index contributed by atoms with van der Waals surface area (Å²) in [6.07, 6.45) is 1.09. The molecule has 0 unspecified atom stereocenters. The van der Waals surface area contributed by atoms with Crippen LogP contribution in [-0.2, 0) is 6.42 Å². The molecule has 1 aliphatic heterocycles. The van der Waals surface area contributed by atoms with Crippen LogP contribution in [0.25, 0.3) is 32.3 Å². The lowest BCUT2D eigenvalue weighted by molar-refractivity contribution is 0.866. The first-order valence-corrected chi connectivity index (χ1v) is 14.7. The molecule has 2 heteroatoms. The third-order valence-corrected chi connectivity index (χ3v) is 8.87. The Labute approximate surface area is 241 Å². The minimum absolute atomic E-state index is 0.500. The molecule has 8 rings (SSSR count). The largest absolute Gasteiger partial charge is 0.340 e. The van der Waals surface area contributed by atoms with Gasteiger partial charge in [-0.25, -0.2) is 0 Å². The Kier molecular flexibility index (Phi) is 5.50. The van der Waals surface area contributed by atoms with E-state index in [-0.39, 0.29) is 0 Å². The first-order chi connectivity index (χ1) is 20.2. The molecule has 0 saturated carbocycles. The summed E-state index contributed by atoms with van der Waals surface area (Å²) < 4.78 is 0. The van der Waals surface area contributed by atoms with Gasteiger partial charge in [-0.15, -0.1) is 0 Å². The van der Waals surface area contributed by atoms with Gasteiger partial charge in [-0.3, -0.25) is 0 Å². The van der Waals surface area contributed by atoms with Crippen molar-refractivity contribution in [1.82, 2.24) is 0 Å². The summed E-state index contributed by atoms with van der Waals surface area (Å²) >= 11 is 0. The Morgan fingerprint density at radius 3 is 1.98 bits per heavy atom. The molecule has 0 aliphatic carbocycles. The molecule has 0 spiro atoms. The minimum atomic E-state index is 0.500. The normalized spacial score (nSPS) is 13.1. The lowest BCUT2D eigenvalue weighted by Gasteiger charge is -2.28. The van der Waals surface area contributed by atoms with Crippen molar-refractivity contribution in [2.24, 2.45) is 0 Å². The van der Waals surface area contributed by atoms with Gasteiger partial charge >= 0.3 is 0 Å². The third kappa shape index (κ3) is 3.78. The second-order valence-electron chi connectivity index (χ2n) is 11.5. The monoisotopic (exact) mass is 528 g/mol. The number of nitrogens with zero attached hydrogens (tertiary/aromatic N) is 2. The topological polar surface area (TPSA) is 6.48 Å². The van der Waals surface area contributed by atoms with Crippen molar-refractivity contribution < 1.29 is 0 Å². The molecule has 0 N–H and O–H groups in total. The summed E-state index contributed by atoms with van der Waals surface area (Å²) in [5.41, 5.74) is 8.96. The molecule has 0 amide bonds. The number of hydrogen-bond acceptors (Lipinski definition) is 2. The maximum absolute atomic E-state index is 2.51. The van der Waals surface area contributed by atoms with Crippen molar-refractivity contribution in [2.45, 2.75) is 26.2 Å². The third-order valence-electron chi connectivity index (χ3n) is 8.87. The van der Waals surface area contributed by atoms with Gasteiger partial charge in [-0.2, -0.15) is 0 Å². The highest BCUT2D eigenvalue weighted by molar-refractivity contribution is 6.28. The summed E-state index contributed by atoms with van der Waals surface area (Å²) in [4.78, 5) is 4.92. The summed E-state index contributed by atoms with van der Waals surface area (Å²) in [5, 5.41) is 7.86. The van der Waals surface area contributed by atoms with E-state index < -0.39 is 0 Å². The highest BCUT2D eigenvalue weighted by Gasteiger charge is 2.24. The van der Waals surface area contributed by atoms with E-state index in [0.717, 1.165) is 18.7 Å². The second kappa shape index (κ2) is 9.38. The van der Waals surface area contributed by atoms with Crippen LogP contribution in [0, 0.1) is 0 Å². The molecule has 198 valence electrons. The zero-order chi connectivity index (χ0) is 27.5. The quantitative estimate of drug-likeness (QED) is 0.205. The molecular weight excluding hydrogens is 496 g/mol. The lowest BCUT2D eigenvalue weighted by atomic mass is 9.92. The number of benzene rings is 7. The van der Waals surface area contributed by atoms with Gasteiger partial charge in [0.2, 0.25) is 0 Å². The van der Waals surface area contributed by atoms with Gasteiger partial charge in [0.15, 0.2) is 0 Å². The molecule has 0 aromatic heterocycles. The number of anilines is 5. The van der Waals surface area contributed by atoms with E-state index in [1.54, 1.807) is 0 Å². The smallest absolute Gasteiger partial charge is 0.0540 e. The molecule has 2 nitrogen and oxygen atoms in total. The van der Waals surface area contributed by atoms with Crippen LogP contribution in [0.4, 0.5) is 28.4 Å². The van der Waals surface area contributed by atoms with Crippen LogP contribution in [0.1, 0.15) is 30.9 Å². The molecular formula is C39H32N2. The Balaban J connectivity index is 1.37. The van der Waals surface area contributed by atoms with Crippen LogP contribution >= 0.6 is 0 Å². The molecule has 0 atom stereocenters. The summed E-state index contributed by atoms with van der Waals surface area (Å²) in [5.74, 6) is 0.500. The second-order valence-corrected chi connectivity index (χ2v) is 11.5. The van der Waals surface area contributed by atoms with Gasteiger partial charge in [-0.05, 0) is 87.5 Å². The van der Waals surface area contributed by atoms with Crippen molar-refractivity contribution in [3.05, 3.63) is 139 Å². The van der Waals surface area contributed by atoms with Crippen LogP contribution in [0.2, 0.25) is 0 Å². The van der Waals surface area contributed by atoms with Crippen molar-refractivity contribution >= 4 is 60.8 Å². The van der Waals surface area contributed by atoms with Crippen LogP contribution in [0.5, 0.6) is 0 Å². The van der Waals surface area contributed by atoms with E-state index in [9.17, 15) is 0 Å². The van der Waals surface area contributed by atoms with Gasteiger partial charge < -0.3 is 9.80 Å². The Morgan fingerprint density at radius 2 is 1.20 bits per heavy atom. The number of rotatable bonds is 5. The van der Waals surface area contributed by atoms with Crippen molar-refractivity contribution in [2.75, 3.05) is 16.3 Å². The summed E-state index contributed by atoms with van der Waals surface area (Å²) in [6.45, 7) is 5.52. The van der Waals surface area contributed by atoms with E-state index in [4.69, 9.17) is 0 Å². The van der Waals surface area contributed by atoms with Crippen molar-refractivity contribution in [1.29, 1.82) is 0 Å². The fourth-order valence-electron chi connectivity index (χ4n) is 6.80. The van der Waals surface area contributed by atoms with E-state index in [0.29, 0.717) is 5.92 Å². The Hall–Kier alpha value is -4.82. The first-order valence-electron chi connectivity index (χ1n) is 14.7. The molecule has 41 heavy (non-hydrogen) atoms. The maximum Gasteiger partial charge on any atom is 0.0540 e. The molecule has 0 saturated heterocycles. The average Bonchev–Trinajstić information content (AvgIpc) is 3.45. The van der Waals surface area contributed by atoms with Gasteiger partial charge in [0, 0.05) is 40.1 Å². The van der Waals surface area contributed by atoms with Crippen LogP contribution < -0.4 is 9.80 Å². The van der Waals surface area contributed by atoms with E-state index in [1.807, 2.05) is 0 Å². The molecule has 7 aromatic rings. The maximum atomic E-state index is 2.51. The molecule has 0 bridgehead atoms. The Morgan fingerprint density at radius 1 is 0.561 bits per heavy atom. The summed E-state index contributed by atoms with van der Waals surface area (Å²) in [6, 6.07) is 47.2. The molecule has 1 aliphatic rings. The number of para-hydroxylation sites is 2. The van der Waals surface area contributed by atoms with Crippen LogP contribution in [0.15, 0.2) is 127 Å².